The fraction of sp³-hybridized carbons (Fsp3) is 0.250. The topological polar surface area (TPSA) is 66.5 Å². The molecule has 5 nitrogen and oxygen atoms in total. The maximum Gasteiger partial charge on any atom is 0.266 e. The minimum atomic E-state index is -0.389. The Morgan fingerprint density at radius 2 is 1.52 bits per heavy atom. The molecule has 1 heterocycles. The zero-order valence-corrected chi connectivity index (χ0v) is 15.0. The SMILES string of the molecule is CNC(=O)c1ccc2c(c1)C(=O)N(c1c(C)cc(C)c(C)c1C)C2=O. The molecule has 1 aliphatic rings. The summed E-state index contributed by atoms with van der Waals surface area (Å²) in [5.74, 6) is -1.03. The van der Waals surface area contributed by atoms with Crippen molar-refractivity contribution in [1.82, 2.24) is 5.32 Å². The lowest BCUT2D eigenvalue weighted by molar-refractivity contribution is 0.0924. The van der Waals surface area contributed by atoms with Gasteiger partial charge in [-0.25, -0.2) is 4.90 Å². The van der Waals surface area contributed by atoms with Gasteiger partial charge in [-0.3, -0.25) is 14.4 Å². The highest BCUT2D eigenvalue weighted by Crippen LogP contribution is 2.35. The molecule has 128 valence electrons. The Kier molecular flexibility index (Phi) is 3.95. The van der Waals surface area contributed by atoms with E-state index in [4.69, 9.17) is 0 Å². The summed E-state index contributed by atoms with van der Waals surface area (Å²) in [5.41, 5.74) is 5.56. The standard InChI is InChI=1S/C20H20N2O3/c1-10-8-11(2)17(13(4)12(10)3)22-19(24)15-7-6-14(18(23)21-5)9-16(15)20(22)25/h6-9H,1-5H3,(H,21,23). The lowest BCUT2D eigenvalue weighted by Gasteiger charge is -2.22. The van der Waals surface area contributed by atoms with Gasteiger partial charge in [0.1, 0.15) is 0 Å². The Balaban J connectivity index is 2.16. The first-order valence-electron chi connectivity index (χ1n) is 8.10. The maximum atomic E-state index is 12.9. The second-order valence-corrected chi connectivity index (χ2v) is 6.39. The molecule has 0 unspecified atom stereocenters. The molecule has 3 amide bonds. The molecular formula is C20H20N2O3. The van der Waals surface area contributed by atoms with Gasteiger partial charge in [0.05, 0.1) is 16.8 Å². The summed E-state index contributed by atoms with van der Waals surface area (Å²) in [6.07, 6.45) is 0. The molecule has 0 radical (unpaired) electrons. The van der Waals surface area contributed by atoms with Crippen LogP contribution in [0.5, 0.6) is 0 Å². The third-order valence-corrected chi connectivity index (χ3v) is 4.92. The quantitative estimate of drug-likeness (QED) is 0.857. The van der Waals surface area contributed by atoms with Crippen LogP contribution in [0.4, 0.5) is 5.69 Å². The minimum Gasteiger partial charge on any atom is -0.355 e. The van der Waals surface area contributed by atoms with Gasteiger partial charge in [0.15, 0.2) is 0 Å². The lowest BCUT2D eigenvalue weighted by Crippen LogP contribution is -2.31. The van der Waals surface area contributed by atoms with Crippen molar-refractivity contribution in [1.29, 1.82) is 0 Å². The van der Waals surface area contributed by atoms with Crippen molar-refractivity contribution in [2.45, 2.75) is 27.7 Å². The maximum absolute atomic E-state index is 12.9. The Hall–Kier alpha value is -2.95. The van der Waals surface area contributed by atoms with Gasteiger partial charge in [-0.1, -0.05) is 6.07 Å². The number of carbonyl (C=O) groups excluding carboxylic acids is 3. The summed E-state index contributed by atoms with van der Waals surface area (Å²) in [5, 5.41) is 2.52. The number of anilines is 1. The van der Waals surface area contributed by atoms with Crippen LogP contribution in [0.1, 0.15) is 53.3 Å². The smallest absolute Gasteiger partial charge is 0.266 e. The number of imide groups is 1. The van der Waals surface area contributed by atoms with Crippen LogP contribution in [0.2, 0.25) is 0 Å². The summed E-state index contributed by atoms with van der Waals surface area (Å²) in [7, 11) is 1.52. The number of nitrogens with zero attached hydrogens (tertiary/aromatic N) is 1. The minimum absolute atomic E-state index is 0.267. The van der Waals surface area contributed by atoms with Crippen LogP contribution in [0, 0.1) is 27.7 Å². The third-order valence-electron chi connectivity index (χ3n) is 4.92. The van der Waals surface area contributed by atoms with E-state index in [0.29, 0.717) is 16.8 Å². The van der Waals surface area contributed by atoms with Gasteiger partial charge in [-0.15, -0.1) is 0 Å². The molecule has 0 spiro atoms. The van der Waals surface area contributed by atoms with E-state index in [0.717, 1.165) is 22.3 Å². The van der Waals surface area contributed by atoms with Gasteiger partial charge in [0.25, 0.3) is 17.7 Å². The van der Waals surface area contributed by atoms with Crippen molar-refractivity contribution in [3.05, 3.63) is 63.2 Å². The van der Waals surface area contributed by atoms with Crippen LogP contribution in [-0.4, -0.2) is 24.8 Å². The third kappa shape index (κ3) is 2.43. The number of rotatable bonds is 2. The van der Waals surface area contributed by atoms with E-state index >= 15 is 0 Å². The molecule has 0 aromatic heterocycles. The fourth-order valence-electron chi connectivity index (χ4n) is 3.34. The second-order valence-electron chi connectivity index (χ2n) is 6.39. The summed E-state index contributed by atoms with van der Waals surface area (Å²) < 4.78 is 0. The molecule has 1 aliphatic heterocycles. The average Bonchev–Trinajstić information content (AvgIpc) is 2.84. The van der Waals surface area contributed by atoms with Crippen LogP contribution in [0.3, 0.4) is 0 Å². The largest absolute Gasteiger partial charge is 0.355 e. The molecule has 5 heteroatoms. The molecule has 0 aliphatic carbocycles. The predicted molar refractivity (Wildman–Crippen MR) is 96.4 cm³/mol. The van der Waals surface area contributed by atoms with Crippen LogP contribution in [0.15, 0.2) is 24.3 Å². The van der Waals surface area contributed by atoms with Gasteiger partial charge in [0.2, 0.25) is 0 Å². The molecule has 0 saturated carbocycles. The average molecular weight is 336 g/mol. The van der Waals surface area contributed by atoms with Gasteiger partial charge < -0.3 is 5.32 Å². The van der Waals surface area contributed by atoms with Crippen molar-refractivity contribution >= 4 is 23.4 Å². The Morgan fingerprint density at radius 1 is 0.880 bits per heavy atom. The molecular weight excluding hydrogens is 316 g/mol. The summed E-state index contributed by atoms with van der Waals surface area (Å²) in [6, 6.07) is 6.58. The van der Waals surface area contributed by atoms with E-state index in [2.05, 4.69) is 5.32 Å². The van der Waals surface area contributed by atoms with Crippen molar-refractivity contribution in [3.8, 4) is 0 Å². The van der Waals surface area contributed by atoms with E-state index in [-0.39, 0.29) is 23.3 Å². The highest BCUT2D eigenvalue weighted by molar-refractivity contribution is 6.35. The number of fused-ring (bicyclic) bond motifs is 1. The molecule has 2 aromatic rings. The molecule has 25 heavy (non-hydrogen) atoms. The summed E-state index contributed by atoms with van der Waals surface area (Å²) >= 11 is 0. The van der Waals surface area contributed by atoms with Crippen LogP contribution >= 0.6 is 0 Å². The number of aryl methyl sites for hydroxylation is 2. The molecule has 3 rings (SSSR count). The number of hydrogen-bond acceptors (Lipinski definition) is 3. The summed E-state index contributed by atoms with van der Waals surface area (Å²) in [4.78, 5) is 38.9. The van der Waals surface area contributed by atoms with Gasteiger partial charge in [-0.05, 0) is 68.1 Å². The van der Waals surface area contributed by atoms with E-state index in [1.807, 2.05) is 33.8 Å². The van der Waals surface area contributed by atoms with Crippen molar-refractivity contribution in [2.75, 3.05) is 11.9 Å². The van der Waals surface area contributed by atoms with Gasteiger partial charge in [0, 0.05) is 12.6 Å². The Labute approximate surface area is 146 Å². The molecule has 0 bridgehead atoms. The number of nitrogens with one attached hydrogen (secondary N) is 1. The molecule has 0 fully saturated rings. The Morgan fingerprint density at radius 3 is 2.16 bits per heavy atom. The second kappa shape index (κ2) is 5.84. The van der Waals surface area contributed by atoms with Crippen LogP contribution < -0.4 is 10.2 Å². The first kappa shape index (κ1) is 16.9. The normalized spacial score (nSPS) is 13.2. The Bertz CT molecular complexity index is 944. The first-order valence-corrected chi connectivity index (χ1v) is 8.10. The van der Waals surface area contributed by atoms with Crippen LogP contribution in [-0.2, 0) is 0 Å². The zero-order chi connectivity index (χ0) is 18.5. The molecule has 1 N–H and O–H groups in total. The van der Waals surface area contributed by atoms with E-state index < -0.39 is 0 Å². The van der Waals surface area contributed by atoms with E-state index in [9.17, 15) is 14.4 Å². The van der Waals surface area contributed by atoms with Gasteiger partial charge >= 0.3 is 0 Å². The summed E-state index contributed by atoms with van der Waals surface area (Å²) in [6.45, 7) is 7.81. The monoisotopic (exact) mass is 336 g/mol. The predicted octanol–water partition coefficient (Wildman–Crippen LogP) is 3.08. The highest BCUT2D eigenvalue weighted by Gasteiger charge is 2.38. The molecule has 0 atom stereocenters. The molecule has 0 saturated heterocycles. The highest BCUT2D eigenvalue weighted by atomic mass is 16.2. The van der Waals surface area contributed by atoms with E-state index in [1.165, 1.54) is 18.0 Å². The fourth-order valence-corrected chi connectivity index (χ4v) is 3.34. The number of amides is 3. The van der Waals surface area contributed by atoms with Crippen molar-refractivity contribution in [2.24, 2.45) is 0 Å². The van der Waals surface area contributed by atoms with Crippen LogP contribution in [0.25, 0.3) is 0 Å². The number of hydrogen-bond donors (Lipinski definition) is 1. The van der Waals surface area contributed by atoms with E-state index in [1.54, 1.807) is 12.1 Å². The molecule has 2 aromatic carbocycles. The number of benzene rings is 2. The van der Waals surface area contributed by atoms with Gasteiger partial charge in [-0.2, -0.15) is 0 Å². The lowest BCUT2D eigenvalue weighted by atomic mass is 9.97. The first-order chi connectivity index (χ1) is 11.8. The van der Waals surface area contributed by atoms with Crippen molar-refractivity contribution < 1.29 is 14.4 Å². The van der Waals surface area contributed by atoms with Crippen molar-refractivity contribution in [3.63, 3.8) is 0 Å². The number of carbonyl (C=O) groups is 3. The zero-order valence-electron chi connectivity index (χ0n) is 15.0.